The van der Waals surface area contributed by atoms with Crippen LogP contribution in [-0.2, 0) is 16.3 Å². The smallest absolute Gasteiger partial charge is 0.176 e. The van der Waals surface area contributed by atoms with E-state index in [4.69, 9.17) is 11.6 Å². The average Bonchev–Trinajstić information content (AvgIpc) is 2.28. The first-order valence-corrected chi connectivity index (χ1v) is 8.45. The van der Waals surface area contributed by atoms with Crippen molar-refractivity contribution in [3.05, 3.63) is 28.8 Å². The lowest BCUT2D eigenvalue weighted by Gasteiger charge is -2.23. The van der Waals surface area contributed by atoms with Gasteiger partial charge in [0.2, 0.25) is 0 Å². The minimum absolute atomic E-state index is 0.213. The van der Waals surface area contributed by atoms with Crippen molar-refractivity contribution in [1.82, 2.24) is 5.32 Å². The Labute approximate surface area is 113 Å². The van der Waals surface area contributed by atoms with Crippen LogP contribution in [0.1, 0.15) is 24.8 Å². The molecule has 1 N–H and O–H groups in total. The van der Waals surface area contributed by atoms with Crippen LogP contribution in [0.4, 0.5) is 0 Å². The Morgan fingerprint density at radius 1 is 1.39 bits per heavy atom. The van der Waals surface area contributed by atoms with Gasteiger partial charge in [-0.15, -0.1) is 0 Å². The van der Waals surface area contributed by atoms with Crippen molar-refractivity contribution in [2.45, 2.75) is 36.6 Å². The molecule has 1 aliphatic heterocycles. The molecule has 0 aromatic heterocycles. The zero-order valence-electron chi connectivity index (χ0n) is 10.4. The maximum Gasteiger partial charge on any atom is 0.176 e. The fraction of sp³-hybridized carbons (Fsp3) is 0.538. The third-order valence-electron chi connectivity index (χ3n) is 3.29. The molecule has 18 heavy (non-hydrogen) atoms. The highest BCUT2D eigenvalue weighted by atomic mass is 35.5. The second kappa shape index (κ2) is 5.59. The summed E-state index contributed by atoms with van der Waals surface area (Å²) in [7, 11) is -3.23. The molecular weight excluding hydrogens is 270 g/mol. The highest BCUT2D eigenvalue weighted by Gasteiger charge is 2.16. The van der Waals surface area contributed by atoms with Crippen LogP contribution in [0.15, 0.2) is 23.1 Å². The van der Waals surface area contributed by atoms with Crippen molar-refractivity contribution in [2.24, 2.45) is 0 Å². The first kappa shape index (κ1) is 13.8. The van der Waals surface area contributed by atoms with E-state index in [9.17, 15) is 8.42 Å². The molecule has 1 fully saturated rings. The van der Waals surface area contributed by atoms with Gasteiger partial charge in [0.05, 0.1) is 9.92 Å². The number of sulfone groups is 1. The second-order valence-electron chi connectivity index (χ2n) is 4.89. The van der Waals surface area contributed by atoms with Crippen molar-refractivity contribution in [3.63, 3.8) is 0 Å². The van der Waals surface area contributed by atoms with Gasteiger partial charge < -0.3 is 5.32 Å². The lowest BCUT2D eigenvalue weighted by atomic mass is 9.98. The van der Waals surface area contributed by atoms with E-state index in [-0.39, 0.29) is 4.90 Å². The molecule has 0 spiro atoms. The average molecular weight is 288 g/mol. The summed E-state index contributed by atoms with van der Waals surface area (Å²) in [5.74, 6) is 0. The third kappa shape index (κ3) is 3.46. The van der Waals surface area contributed by atoms with Gasteiger partial charge in [-0.3, -0.25) is 0 Å². The van der Waals surface area contributed by atoms with E-state index in [0.717, 1.165) is 18.5 Å². The molecule has 1 aliphatic rings. The summed E-state index contributed by atoms with van der Waals surface area (Å²) in [4.78, 5) is 0.213. The highest BCUT2D eigenvalue weighted by Crippen LogP contribution is 2.24. The standard InChI is InChI=1S/C13H18ClNO2S/c1-18(16,17)13-6-5-10(9-12(13)14)8-11-4-2-3-7-15-11/h5-6,9,11,15H,2-4,7-8H2,1H3. The van der Waals surface area contributed by atoms with Gasteiger partial charge in [0.15, 0.2) is 9.84 Å². The normalized spacial score (nSPS) is 20.9. The van der Waals surface area contributed by atoms with Crippen molar-refractivity contribution in [2.75, 3.05) is 12.8 Å². The SMILES string of the molecule is CS(=O)(=O)c1ccc(CC2CCCCN2)cc1Cl. The third-order valence-corrected chi connectivity index (χ3v) is 4.87. The number of hydrogen-bond acceptors (Lipinski definition) is 3. The van der Waals surface area contributed by atoms with Gasteiger partial charge in [-0.2, -0.15) is 0 Å². The van der Waals surface area contributed by atoms with Crippen LogP contribution in [-0.4, -0.2) is 27.3 Å². The van der Waals surface area contributed by atoms with Crippen LogP contribution >= 0.6 is 11.6 Å². The van der Waals surface area contributed by atoms with E-state index in [2.05, 4.69) is 5.32 Å². The van der Waals surface area contributed by atoms with Crippen LogP contribution in [0.5, 0.6) is 0 Å². The Balaban J connectivity index is 2.13. The molecule has 5 heteroatoms. The Bertz CT molecular complexity index is 522. The number of hydrogen-bond donors (Lipinski definition) is 1. The summed E-state index contributed by atoms with van der Waals surface area (Å²) in [6.07, 6.45) is 5.75. The molecule has 1 saturated heterocycles. The van der Waals surface area contributed by atoms with Gasteiger partial charge in [-0.1, -0.05) is 24.1 Å². The number of nitrogens with one attached hydrogen (secondary N) is 1. The lowest BCUT2D eigenvalue weighted by Crippen LogP contribution is -2.35. The molecule has 1 aromatic rings. The Kier molecular flexibility index (Phi) is 4.30. The van der Waals surface area contributed by atoms with E-state index in [1.54, 1.807) is 12.1 Å². The highest BCUT2D eigenvalue weighted by molar-refractivity contribution is 7.90. The monoisotopic (exact) mass is 287 g/mol. The second-order valence-corrected chi connectivity index (χ2v) is 7.28. The molecule has 0 radical (unpaired) electrons. The van der Waals surface area contributed by atoms with Crippen molar-refractivity contribution >= 4 is 21.4 Å². The van der Waals surface area contributed by atoms with Crippen LogP contribution in [0.2, 0.25) is 5.02 Å². The van der Waals surface area contributed by atoms with Crippen molar-refractivity contribution in [3.8, 4) is 0 Å². The van der Waals surface area contributed by atoms with E-state index >= 15 is 0 Å². The quantitative estimate of drug-likeness (QED) is 0.929. The molecule has 2 rings (SSSR count). The maximum absolute atomic E-state index is 11.5. The number of halogens is 1. The van der Waals surface area contributed by atoms with Crippen molar-refractivity contribution in [1.29, 1.82) is 0 Å². The topological polar surface area (TPSA) is 46.2 Å². The Morgan fingerprint density at radius 3 is 2.72 bits per heavy atom. The van der Waals surface area contributed by atoms with Gasteiger partial charge in [0.1, 0.15) is 0 Å². The zero-order valence-corrected chi connectivity index (χ0v) is 12.0. The zero-order chi connectivity index (χ0) is 13.2. The van der Waals surface area contributed by atoms with Crippen LogP contribution < -0.4 is 5.32 Å². The van der Waals surface area contributed by atoms with Crippen molar-refractivity contribution < 1.29 is 8.42 Å². The fourth-order valence-corrected chi connectivity index (χ4v) is 3.71. The van der Waals surface area contributed by atoms with Crippen LogP contribution in [0, 0.1) is 0 Å². The van der Waals surface area contributed by atoms with Crippen LogP contribution in [0.3, 0.4) is 0 Å². The summed E-state index contributed by atoms with van der Waals surface area (Å²) in [5, 5.41) is 3.80. The molecule has 1 heterocycles. The molecule has 0 amide bonds. The molecule has 100 valence electrons. The first-order valence-electron chi connectivity index (χ1n) is 6.19. The maximum atomic E-state index is 11.5. The molecule has 1 aromatic carbocycles. The van der Waals surface area contributed by atoms with E-state index in [1.165, 1.54) is 25.5 Å². The fourth-order valence-electron chi connectivity index (χ4n) is 2.35. The first-order chi connectivity index (χ1) is 8.47. The predicted molar refractivity (Wildman–Crippen MR) is 73.9 cm³/mol. The predicted octanol–water partition coefficient (Wildman–Crippen LogP) is 2.43. The molecule has 0 aliphatic carbocycles. The molecular formula is C13H18ClNO2S. The minimum Gasteiger partial charge on any atom is -0.314 e. The number of rotatable bonds is 3. The Hall–Kier alpha value is -0.580. The van der Waals surface area contributed by atoms with Gasteiger partial charge in [0, 0.05) is 12.3 Å². The number of benzene rings is 1. The molecule has 3 nitrogen and oxygen atoms in total. The van der Waals surface area contributed by atoms with E-state index in [0.29, 0.717) is 11.1 Å². The minimum atomic E-state index is -3.23. The largest absolute Gasteiger partial charge is 0.314 e. The van der Waals surface area contributed by atoms with E-state index in [1.807, 2.05) is 6.07 Å². The van der Waals surface area contributed by atoms with E-state index < -0.39 is 9.84 Å². The van der Waals surface area contributed by atoms with Gasteiger partial charge in [-0.25, -0.2) is 8.42 Å². The number of piperidine rings is 1. The lowest BCUT2D eigenvalue weighted by molar-refractivity contribution is 0.399. The molecule has 0 bridgehead atoms. The summed E-state index contributed by atoms with van der Waals surface area (Å²) in [5.41, 5.74) is 1.09. The molecule has 1 atom stereocenters. The molecule has 1 unspecified atom stereocenters. The van der Waals surface area contributed by atoms with Gasteiger partial charge in [-0.05, 0) is 43.5 Å². The van der Waals surface area contributed by atoms with Gasteiger partial charge >= 0.3 is 0 Å². The summed E-state index contributed by atoms with van der Waals surface area (Å²) in [6.45, 7) is 1.07. The van der Waals surface area contributed by atoms with Gasteiger partial charge in [0.25, 0.3) is 0 Å². The summed E-state index contributed by atoms with van der Waals surface area (Å²) < 4.78 is 22.9. The summed E-state index contributed by atoms with van der Waals surface area (Å²) >= 11 is 6.03. The van der Waals surface area contributed by atoms with Crippen LogP contribution in [0.25, 0.3) is 0 Å². The summed E-state index contributed by atoms with van der Waals surface area (Å²) in [6, 6.07) is 5.72. The Morgan fingerprint density at radius 2 is 2.17 bits per heavy atom. The molecule has 0 saturated carbocycles.